The van der Waals surface area contributed by atoms with Crippen molar-refractivity contribution in [2.24, 2.45) is 0 Å². The van der Waals surface area contributed by atoms with Crippen LogP contribution in [0.5, 0.6) is 5.75 Å². The van der Waals surface area contributed by atoms with Gasteiger partial charge in [0, 0.05) is 31.1 Å². The molecule has 1 aliphatic heterocycles. The van der Waals surface area contributed by atoms with Gasteiger partial charge in [-0.15, -0.1) is 0 Å². The first-order chi connectivity index (χ1) is 9.83. The quantitative estimate of drug-likeness (QED) is 0.911. The molecule has 3 rings (SSSR count). The molecule has 2 heterocycles. The van der Waals surface area contributed by atoms with Crippen molar-refractivity contribution < 1.29 is 9.47 Å². The van der Waals surface area contributed by atoms with Gasteiger partial charge >= 0.3 is 0 Å². The number of aromatic nitrogens is 1. The first kappa shape index (κ1) is 13.1. The van der Waals surface area contributed by atoms with Gasteiger partial charge in [0.25, 0.3) is 0 Å². The van der Waals surface area contributed by atoms with E-state index in [-0.39, 0.29) is 5.56 Å². The van der Waals surface area contributed by atoms with Gasteiger partial charge in [-0.05, 0) is 12.1 Å². The van der Waals surface area contributed by atoms with Crippen LogP contribution in [0.25, 0.3) is 10.9 Å². The summed E-state index contributed by atoms with van der Waals surface area (Å²) >= 11 is 0. The average Bonchev–Trinajstić information content (AvgIpc) is 2.49. The zero-order valence-electron chi connectivity index (χ0n) is 11.3. The van der Waals surface area contributed by atoms with Gasteiger partial charge in [0.05, 0.1) is 18.7 Å². The van der Waals surface area contributed by atoms with Crippen molar-refractivity contribution in [3.63, 3.8) is 0 Å². The minimum Gasteiger partial charge on any atom is -0.490 e. The number of para-hydroxylation sites is 1. The molecule has 1 aromatic carbocycles. The molecule has 1 saturated heterocycles. The summed E-state index contributed by atoms with van der Waals surface area (Å²) in [7, 11) is 0. The molecule has 1 N–H and O–H groups in total. The van der Waals surface area contributed by atoms with Gasteiger partial charge in [-0.25, -0.2) is 0 Å². The molecule has 2 aromatic rings. The molecular weight excluding hydrogens is 256 g/mol. The van der Waals surface area contributed by atoms with E-state index in [2.05, 4.69) is 9.88 Å². The molecule has 0 aliphatic carbocycles. The van der Waals surface area contributed by atoms with Crippen LogP contribution >= 0.6 is 0 Å². The number of aromatic amines is 1. The standard InChI is InChI=1S/C15H18N2O3/c18-14-5-4-12-2-1-3-13(15(12)16-14)20-11-8-17-6-9-19-10-7-17/h1-5H,6-11H2,(H,16,18). The van der Waals surface area contributed by atoms with Crippen LogP contribution in [0.2, 0.25) is 0 Å². The number of H-pyrrole nitrogens is 1. The van der Waals surface area contributed by atoms with Crippen LogP contribution in [0, 0.1) is 0 Å². The summed E-state index contributed by atoms with van der Waals surface area (Å²) in [4.78, 5) is 16.6. The first-order valence-corrected chi connectivity index (χ1v) is 6.88. The van der Waals surface area contributed by atoms with Crippen molar-refractivity contribution in [1.82, 2.24) is 9.88 Å². The van der Waals surface area contributed by atoms with Crippen molar-refractivity contribution in [2.45, 2.75) is 0 Å². The molecule has 1 fully saturated rings. The second kappa shape index (κ2) is 6.07. The van der Waals surface area contributed by atoms with Crippen LogP contribution in [-0.4, -0.2) is 49.3 Å². The van der Waals surface area contributed by atoms with E-state index in [0.717, 1.165) is 49.5 Å². The van der Waals surface area contributed by atoms with E-state index >= 15 is 0 Å². The highest BCUT2D eigenvalue weighted by molar-refractivity contribution is 5.84. The Kier molecular flexibility index (Phi) is 3.99. The molecule has 0 amide bonds. The van der Waals surface area contributed by atoms with E-state index < -0.39 is 0 Å². The Hall–Kier alpha value is -1.85. The fourth-order valence-corrected chi connectivity index (χ4v) is 2.38. The van der Waals surface area contributed by atoms with Crippen molar-refractivity contribution in [2.75, 3.05) is 39.5 Å². The normalized spacial score (nSPS) is 16.4. The zero-order valence-corrected chi connectivity index (χ0v) is 11.3. The molecule has 5 heteroatoms. The second-order valence-corrected chi connectivity index (χ2v) is 4.85. The van der Waals surface area contributed by atoms with Gasteiger partial charge in [-0.2, -0.15) is 0 Å². The Labute approximate surface area is 117 Å². The summed E-state index contributed by atoms with van der Waals surface area (Å²) < 4.78 is 11.1. The molecular formula is C15H18N2O3. The van der Waals surface area contributed by atoms with Gasteiger partial charge in [-0.3, -0.25) is 9.69 Å². The molecule has 1 aromatic heterocycles. The van der Waals surface area contributed by atoms with Crippen molar-refractivity contribution in [1.29, 1.82) is 0 Å². The molecule has 0 radical (unpaired) electrons. The summed E-state index contributed by atoms with van der Waals surface area (Å²) in [6.07, 6.45) is 0. The van der Waals surface area contributed by atoms with Crippen LogP contribution in [-0.2, 0) is 4.74 Å². The minimum absolute atomic E-state index is 0.110. The van der Waals surface area contributed by atoms with E-state index in [1.165, 1.54) is 6.07 Å². The minimum atomic E-state index is -0.110. The fourth-order valence-electron chi connectivity index (χ4n) is 2.38. The Bertz CT molecular complexity index is 632. The molecule has 0 atom stereocenters. The van der Waals surface area contributed by atoms with Crippen LogP contribution < -0.4 is 10.3 Å². The Morgan fingerprint density at radius 1 is 1.20 bits per heavy atom. The third-order valence-corrected chi connectivity index (χ3v) is 3.49. The number of nitrogens with one attached hydrogen (secondary N) is 1. The molecule has 106 valence electrons. The molecule has 0 bridgehead atoms. The van der Waals surface area contributed by atoms with E-state index in [1.54, 1.807) is 0 Å². The summed E-state index contributed by atoms with van der Waals surface area (Å²) in [5.41, 5.74) is 0.656. The first-order valence-electron chi connectivity index (χ1n) is 6.88. The molecule has 1 aliphatic rings. The second-order valence-electron chi connectivity index (χ2n) is 4.85. The van der Waals surface area contributed by atoms with Crippen LogP contribution in [0.3, 0.4) is 0 Å². The fraction of sp³-hybridized carbons (Fsp3) is 0.400. The number of rotatable bonds is 4. The van der Waals surface area contributed by atoms with Crippen LogP contribution in [0.15, 0.2) is 35.1 Å². The number of benzene rings is 1. The Balaban J connectivity index is 1.67. The summed E-state index contributed by atoms with van der Waals surface area (Å²) in [6.45, 7) is 4.97. The monoisotopic (exact) mass is 274 g/mol. The number of morpholine rings is 1. The van der Waals surface area contributed by atoms with Crippen molar-refractivity contribution in [3.05, 3.63) is 40.7 Å². The maximum Gasteiger partial charge on any atom is 0.248 e. The molecule has 0 unspecified atom stereocenters. The topological polar surface area (TPSA) is 54.6 Å². The third kappa shape index (κ3) is 3.00. The van der Waals surface area contributed by atoms with Crippen LogP contribution in [0.4, 0.5) is 0 Å². The predicted octanol–water partition coefficient (Wildman–Crippen LogP) is 1.24. The number of hydrogen-bond donors (Lipinski definition) is 1. The van der Waals surface area contributed by atoms with Gasteiger partial charge in [0.2, 0.25) is 5.56 Å². The maximum absolute atomic E-state index is 11.4. The molecule has 20 heavy (non-hydrogen) atoms. The van der Waals surface area contributed by atoms with E-state index in [1.807, 2.05) is 24.3 Å². The third-order valence-electron chi connectivity index (χ3n) is 3.49. The SMILES string of the molecule is O=c1ccc2cccc(OCCN3CCOCC3)c2[nH]1. The number of ether oxygens (including phenoxy) is 2. The lowest BCUT2D eigenvalue weighted by molar-refractivity contribution is 0.0323. The Morgan fingerprint density at radius 3 is 2.90 bits per heavy atom. The zero-order chi connectivity index (χ0) is 13.8. The van der Waals surface area contributed by atoms with E-state index in [4.69, 9.17) is 9.47 Å². The lowest BCUT2D eigenvalue weighted by Gasteiger charge is -2.26. The van der Waals surface area contributed by atoms with Crippen molar-refractivity contribution in [3.8, 4) is 5.75 Å². The highest BCUT2D eigenvalue weighted by atomic mass is 16.5. The summed E-state index contributed by atoms with van der Waals surface area (Å²) in [6, 6.07) is 9.12. The average molecular weight is 274 g/mol. The number of nitrogens with zero attached hydrogens (tertiary/aromatic N) is 1. The van der Waals surface area contributed by atoms with Gasteiger partial charge in [0.15, 0.2) is 0 Å². The molecule has 0 saturated carbocycles. The largest absolute Gasteiger partial charge is 0.490 e. The van der Waals surface area contributed by atoms with Crippen molar-refractivity contribution >= 4 is 10.9 Å². The predicted molar refractivity (Wildman–Crippen MR) is 77.3 cm³/mol. The lowest BCUT2D eigenvalue weighted by Crippen LogP contribution is -2.38. The van der Waals surface area contributed by atoms with Gasteiger partial charge in [0.1, 0.15) is 12.4 Å². The maximum atomic E-state index is 11.4. The smallest absolute Gasteiger partial charge is 0.248 e. The Morgan fingerprint density at radius 2 is 2.05 bits per heavy atom. The number of fused-ring (bicyclic) bond motifs is 1. The van der Waals surface area contributed by atoms with Crippen LogP contribution in [0.1, 0.15) is 0 Å². The van der Waals surface area contributed by atoms with E-state index in [9.17, 15) is 4.79 Å². The van der Waals surface area contributed by atoms with Gasteiger partial charge in [-0.1, -0.05) is 12.1 Å². The molecule has 0 spiro atoms. The molecule has 5 nitrogen and oxygen atoms in total. The number of pyridine rings is 1. The number of hydrogen-bond acceptors (Lipinski definition) is 4. The van der Waals surface area contributed by atoms with E-state index in [0.29, 0.717) is 6.61 Å². The van der Waals surface area contributed by atoms with Gasteiger partial charge < -0.3 is 14.5 Å². The lowest BCUT2D eigenvalue weighted by atomic mass is 10.2. The highest BCUT2D eigenvalue weighted by Gasteiger charge is 2.10. The summed E-state index contributed by atoms with van der Waals surface area (Å²) in [5.74, 6) is 0.730. The summed E-state index contributed by atoms with van der Waals surface area (Å²) in [5, 5.41) is 0.980. The highest BCUT2D eigenvalue weighted by Crippen LogP contribution is 2.21.